The van der Waals surface area contributed by atoms with Crippen LogP contribution in [0, 0.1) is 24.0 Å². The van der Waals surface area contributed by atoms with Crippen LogP contribution < -0.4 is 10.1 Å². The first-order valence-corrected chi connectivity index (χ1v) is 5.96. The fraction of sp³-hybridized carbons (Fsp3) is 0.231. The molecule has 0 spiro atoms. The van der Waals surface area contributed by atoms with Gasteiger partial charge in [-0.1, -0.05) is 12.1 Å². The standard InChI is InChI=1S/C13H14N4O3/c1-8-5-4-6-10(13(8)17(18)19)20-12-7-11(14-3)15-9(2)16-12/h4-7H,1-3H3,(H,14,15,16). The molecule has 0 saturated heterocycles. The van der Waals surface area contributed by atoms with Gasteiger partial charge in [-0.2, -0.15) is 4.98 Å². The van der Waals surface area contributed by atoms with Crippen molar-refractivity contribution in [2.75, 3.05) is 12.4 Å². The summed E-state index contributed by atoms with van der Waals surface area (Å²) in [4.78, 5) is 18.9. The molecule has 104 valence electrons. The lowest BCUT2D eigenvalue weighted by Gasteiger charge is -2.08. The molecule has 1 heterocycles. The highest BCUT2D eigenvalue weighted by Gasteiger charge is 2.19. The Bertz CT molecular complexity index is 658. The molecule has 0 unspecified atom stereocenters. The van der Waals surface area contributed by atoms with Crippen LogP contribution in [0.3, 0.4) is 0 Å². The van der Waals surface area contributed by atoms with E-state index < -0.39 is 4.92 Å². The summed E-state index contributed by atoms with van der Waals surface area (Å²) >= 11 is 0. The Balaban J connectivity index is 2.42. The van der Waals surface area contributed by atoms with E-state index in [2.05, 4.69) is 15.3 Å². The number of anilines is 1. The van der Waals surface area contributed by atoms with Crippen molar-refractivity contribution in [1.29, 1.82) is 0 Å². The van der Waals surface area contributed by atoms with Gasteiger partial charge in [0.05, 0.1) is 4.92 Å². The highest BCUT2D eigenvalue weighted by molar-refractivity contribution is 5.53. The number of aromatic nitrogens is 2. The predicted octanol–water partition coefficient (Wildman–Crippen LogP) is 2.84. The van der Waals surface area contributed by atoms with Crippen molar-refractivity contribution >= 4 is 11.5 Å². The molecule has 20 heavy (non-hydrogen) atoms. The average Bonchev–Trinajstić information content (AvgIpc) is 2.37. The van der Waals surface area contributed by atoms with Gasteiger partial charge < -0.3 is 10.1 Å². The lowest BCUT2D eigenvalue weighted by atomic mass is 10.2. The second kappa shape index (κ2) is 5.52. The van der Waals surface area contributed by atoms with Crippen molar-refractivity contribution in [3.8, 4) is 11.6 Å². The zero-order valence-electron chi connectivity index (χ0n) is 11.4. The molecule has 2 aromatic rings. The molecule has 7 nitrogen and oxygen atoms in total. The largest absolute Gasteiger partial charge is 0.432 e. The Morgan fingerprint density at radius 1 is 1.30 bits per heavy atom. The Kier molecular flexibility index (Phi) is 3.79. The first-order valence-electron chi connectivity index (χ1n) is 5.96. The third-order valence-corrected chi connectivity index (χ3v) is 2.67. The zero-order chi connectivity index (χ0) is 14.7. The quantitative estimate of drug-likeness (QED) is 0.681. The molecule has 0 amide bonds. The number of nitrogens with zero attached hydrogens (tertiary/aromatic N) is 3. The van der Waals surface area contributed by atoms with Crippen molar-refractivity contribution in [2.24, 2.45) is 0 Å². The van der Waals surface area contributed by atoms with Crippen LogP contribution in [0.5, 0.6) is 11.6 Å². The summed E-state index contributed by atoms with van der Waals surface area (Å²) in [5, 5.41) is 14.0. The number of para-hydroxylation sites is 1. The zero-order valence-corrected chi connectivity index (χ0v) is 11.4. The van der Waals surface area contributed by atoms with Crippen molar-refractivity contribution in [2.45, 2.75) is 13.8 Å². The SMILES string of the molecule is CNc1cc(Oc2cccc(C)c2[N+](=O)[O-])nc(C)n1. The van der Waals surface area contributed by atoms with E-state index in [9.17, 15) is 10.1 Å². The van der Waals surface area contributed by atoms with Gasteiger partial charge in [-0.25, -0.2) is 4.98 Å². The maximum Gasteiger partial charge on any atom is 0.314 e. The number of nitro benzene ring substituents is 1. The molecule has 0 aliphatic carbocycles. The van der Waals surface area contributed by atoms with Crippen LogP contribution in [0.1, 0.15) is 11.4 Å². The monoisotopic (exact) mass is 274 g/mol. The van der Waals surface area contributed by atoms with Crippen molar-refractivity contribution in [3.05, 3.63) is 45.8 Å². The maximum absolute atomic E-state index is 11.1. The normalized spacial score (nSPS) is 10.2. The molecule has 1 N–H and O–H groups in total. The Morgan fingerprint density at radius 3 is 2.70 bits per heavy atom. The predicted molar refractivity (Wildman–Crippen MR) is 74.2 cm³/mol. The second-order valence-corrected chi connectivity index (χ2v) is 4.17. The Labute approximate surface area is 115 Å². The van der Waals surface area contributed by atoms with Crippen molar-refractivity contribution in [3.63, 3.8) is 0 Å². The fourth-order valence-corrected chi connectivity index (χ4v) is 1.78. The van der Waals surface area contributed by atoms with Crippen LogP contribution in [0.2, 0.25) is 0 Å². The fourth-order valence-electron chi connectivity index (χ4n) is 1.78. The maximum atomic E-state index is 11.1. The lowest BCUT2D eigenvalue weighted by Crippen LogP contribution is -2.00. The molecule has 2 rings (SSSR count). The first kappa shape index (κ1) is 13.7. The second-order valence-electron chi connectivity index (χ2n) is 4.17. The van der Waals surface area contributed by atoms with E-state index in [-0.39, 0.29) is 17.3 Å². The number of hydrogen-bond donors (Lipinski definition) is 1. The third kappa shape index (κ3) is 2.82. The van der Waals surface area contributed by atoms with E-state index in [1.165, 1.54) is 0 Å². The number of nitrogens with one attached hydrogen (secondary N) is 1. The van der Waals surface area contributed by atoms with Crippen molar-refractivity contribution in [1.82, 2.24) is 9.97 Å². The van der Waals surface area contributed by atoms with Crippen LogP contribution in [0.25, 0.3) is 0 Å². The highest BCUT2D eigenvalue weighted by Crippen LogP contribution is 2.33. The summed E-state index contributed by atoms with van der Waals surface area (Å²) < 4.78 is 5.54. The van der Waals surface area contributed by atoms with E-state index in [1.807, 2.05) is 0 Å². The van der Waals surface area contributed by atoms with Crippen molar-refractivity contribution < 1.29 is 9.66 Å². The van der Waals surface area contributed by atoms with E-state index >= 15 is 0 Å². The molecular weight excluding hydrogens is 260 g/mol. The average molecular weight is 274 g/mol. The summed E-state index contributed by atoms with van der Waals surface area (Å²) in [7, 11) is 1.72. The van der Waals surface area contributed by atoms with Crippen LogP contribution >= 0.6 is 0 Å². The molecule has 0 atom stereocenters. The van der Waals surface area contributed by atoms with Gasteiger partial charge in [0.25, 0.3) is 0 Å². The van der Waals surface area contributed by atoms with Gasteiger partial charge in [-0.15, -0.1) is 0 Å². The molecular formula is C13H14N4O3. The molecule has 0 fully saturated rings. The molecule has 0 radical (unpaired) electrons. The molecule has 0 aliphatic heterocycles. The number of ether oxygens (including phenoxy) is 1. The van der Waals surface area contributed by atoms with Crippen LogP contribution in [0.4, 0.5) is 11.5 Å². The number of aryl methyl sites for hydroxylation is 2. The molecule has 1 aromatic heterocycles. The van der Waals surface area contributed by atoms with E-state index in [0.29, 0.717) is 17.2 Å². The Morgan fingerprint density at radius 2 is 2.05 bits per heavy atom. The smallest absolute Gasteiger partial charge is 0.314 e. The van der Waals surface area contributed by atoms with Gasteiger partial charge in [0.1, 0.15) is 11.6 Å². The molecule has 0 saturated carbocycles. The molecule has 7 heteroatoms. The van der Waals surface area contributed by atoms with Crippen LogP contribution in [0.15, 0.2) is 24.3 Å². The van der Waals surface area contributed by atoms with Gasteiger partial charge >= 0.3 is 5.69 Å². The molecule has 0 bridgehead atoms. The lowest BCUT2D eigenvalue weighted by molar-refractivity contribution is -0.386. The number of hydrogen-bond acceptors (Lipinski definition) is 6. The minimum atomic E-state index is -0.461. The van der Waals surface area contributed by atoms with Gasteiger partial charge in [0.2, 0.25) is 11.6 Å². The minimum absolute atomic E-state index is 0.0604. The van der Waals surface area contributed by atoms with Gasteiger partial charge in [0.15, 0.2) is 0 Å². The topological polar surface area (TPSA) is 90.2 Å². The highest BCUT2D eigenvalue weighted by atomic mass is 16.6. The summed E-state index contributed by atoms with van der Waals surface area (Å²) in [5.74, 6) is 1.52. The number of nitro groups is 1. The van der Waals surface area contributed by atoms with E-state index in [4.69, 9.17) is 4.74 Å². The van der Waals surface area contributed by atoms with Gasteiger partial charge in [-0.3, -0.25) is 10.1 Å². The molecule has 0 aliphatic rings. The Hall–Kier alpha value is -2.70. The summed E-state index contributed by atoms with van der Waals surface area (Å²) in [6, 6.07) is 6.49. The summed E-state index contributed by atoms with van der Waals surface area (Å²) in [5.41, 5.74) is 0.474. The summed E-state index contributed by atoms with van der Waals surface area (Å²) in [6.07, 6.45) is 0. The van der Waals surface area contributed by atoms with Gasteiger partial charge in [-0.05, 0) is 19.9 Å². The number of benzene rings is 1. The van der Waals surface area contributed by atoms with E-state index in [1.54, 1.807) is 45.2 Å². The minimum Gasteiger partial charge on any atom is -0.432 e. The van der Waals surface area contributed by atoms with E-state index in [0.717, 1.165) is 0 Å². The van der Waals surface area contributed by atoms with Gasteiger partial charge in [0, 0.05) is 18.7 Å². The van der Waals surface area contributed by atoms with Crippen LogP contribution in [-0.2, 0) is 0 Å². The number of rotatable bonds is 4. The summed E-state index contributed by atoms with van der Waals surface area (Å²) in [6.45, 7) is 3.38. The first-order chi connectivity index (χ1) is 9.51. The third-order valence-electron chi connectivity index (χ3n) is 2.67. The molecule has 1 aromatic carbocycles. The van der Waals surface area contributed by atoms with Crippen LogP contribution in [-0.4, -0.2) is 21.9 Å².